The van der Waals surface area contributed by atoms with Gasteiger partial charge in [0.05, 0.1) is 23.4 Å². The lowest BCUT2D eigenvalue weighted by molar-refractivity contribution is -0.137. The summed E-state index contributed by atoms with van der Waals surface area (Å²) in [6.07, 6.45) is -1.55. The van der Waals surface area contributed by atoms with Crippen LogP contribution in [0, 0.1) is 11.8 Å². The van der Waals surface area contributed by atoms with Gasteiger partial charge in [-0.3, -0.25) is 14.4 Å². The molecule has 33 heavy (non-hydrogen) atoms. The van der Waals surface area contributed by atoms with Crippen molar-refractivity contribution in [3.8, 4) is 11.8 Å². The number of rotatable bonds is 2. The monoisotopic (exact) mass is 494 g/mol. The van der Waals surface area contributed by atoms with Crippen LogP contribution in [0.5, 0.6) is 0 Å². The van der Waals surface area contributed by atoms with Gasteiger partial charge < -0.3 is 5.32 Å². The zero-order valence-corrected chi connectivity index (χ0v) is 19.2. The van der Waals surface area contributed by atoms with Crippen molar-refractivity contribution in [2.75, 3.05) is 23.8 Å². The fourth-order valence-electron chi connectivity index (χ4n) is 3.29. The molecule has 7 nitrogen and oxygen atoms in total. The van der Waals surface area contributed by atoms with Crippen LogP contribution in [0.1, 0.15) is 40.1 Å². The highest BCUT2D eigenvalue weighted by Crippen LogP contribution is 2.35. The van der Waals surface area contributed by atoms with Crippen LogP contribution in [0.25, 0.3) is 0 Å². The van der Waals surface area contributed by atoms with Gasteiger partial charge in [-0.15, -0.1) is 0 Å². The van der Waals surface area contributed by atoms with Gasteiger partial charge in [0.1, 0.15) is 22.5 Å². The highest BCUT2D eigenvalue weighted by molar-refractivity contribution is 7.59. The van der Waals surface area contributed by atoms with Crippen LogP contribution in [0.15, 0.2) is 36.7 Å². The van der Waals surface area contributed by atoms with Gasteiger partial charge in [-0.1, -0.05) is 23.4 Å². The number of pyridine rings is 2. The molecule has 172 valence electrons. The first-order valence-corrected chi connectivity index (χ1v) is 9.85. The van der Waals surface area contributed by atoms with E-state index < -0.39 is 22.8 Å². The number of fused-ring (bicyclic) bond motifs is 1. The average molecular weight is 495 g/mol. The molecule has 0 aromatic carbocycles. The molecule has 1 N–H and O–H groups in total. The fraction of sp³-hybridized carbons (Fsp3) is 0.238. The number of alkyl halides is 3. The largest absolute Gasteiger partial charge is 0.419 e. The summed E-state index contributed by atoms with van der Waals surface area (Å²) >= 11 is 5.75. The smallest absolute Gasteiger partial charge is 0.373 e. The van der Waals surface area contributed by atoms with Crippen LogP contribution >= 0.6 is 25.1 Å². The molecule has 12 heteroatoms. The Morgan fingerprint density at radius 2 is 1.94 bits per heavy atom. The number of carbonyl (C=O) groups excluding carboxylic acids is 1. The Morgan fingerprint density at radius 1 is 1.18 bits per heavy atom. The quantitative estimate of drug-likeness (QED) is 0.428. The summed E-state index contributed by atoms with van der Waals surface area (Å²) in [5, 5.41) is 6.46. The summed E-state index contributed by atoms with van der Waals surface area (Å²) in [4.78, 5) is 22.5. The predicted octanol–water partition coefficient (Wildman–Crippen LogP) is 4.12. The van der Waals surface area contributed by atoms with E-state index in [4.69, 9.17) is 11.6 Å². The molecule has 0 aliphatic carbocycles. The number of hydrogen-bond donors (Lipinski definition) is 1. The summed E-state index contributed by atoms with van der Waals surface area (Å²) in [6, 6.07) is 5.25. The van der Waals surface area contributed by atoms with Gasteiger partial charge in [-0.25, -0.2) is 9.97 Å². The van der Waals surface area contributed by atoms with Gasteiger partial charge in [0.25, 0.3) is 5.91 Å². The Bertz CT molecular complexity index is 1250. The van der Waals surface area contributed by atoms with Gasteiger partial charge in [-0.2, -0.15) is 31.8 Å². The van der Waals surface area contributed by atoms with E-state index in [-0.39, 0.29) is 37.6 Å². The van der Waals surface area contributed by atoms with E-state index in [0.29, 0.717) is 16.9 Å². The Kier molecular flexibility index (Phi) is 6.90. The van der Waals surface area contributed by atoms with Crippen LogP contribution in [0.4, 0.5) is 24.8 Å². The van der Waals surface area contributed by atoms with Crippen LogP contribution in [-0.4, -0.2) is 39.2 Å². The van der Waals surface area contributed by atoms with Gasteiger partial charge in [0.2, 0.25) is 0 Å². The molecule has 0 saturated heterocycles. The van der Waals surface area contributed by atoms with Crippen molar-refractivity contribution in [2.24, 2.45) is 0 Å². The first kappa shape index (κ1) is 24.4. The third-order valence-corrected chi connectivity index (χ3v) is 5.17. The van der Waals surface area contributed by atoms with E-state index in [9.17, 15) is 18.0 Å². The normalized spacial score (nSPS) is 15.3. The number of carbonyl (C=O) groups is 1. The van der Waals surface area contributed by atoms with Crippen molar-refractivity contribution in [1.82, 2.24) is 19.7 Å². The second-order valence-electron chi connectivity index (χ2n) is 7.05. The lowest BCUT2D eigenvalue weighted by Gasteiger charge is -2.31. The molecule has 1 aliphatic heterocycles. The third-order valence-electron chi connectivity index (χ3n) is 4.88. The van der Waals surface area contributed by atoms with Crippen molar-refractivity contribution >= 4 is 42.6 Å². The second kappa shape index (κ2) is 9.33. The van der Waals surface area contributed by atoms with Crippen molar-refractivity contribution in [3.05, 3.63) is 64.2 Å². The molecule has 0 spiro atoms. The molecule has 0 radical (unpaired) electrons. The van der Waals surface area contributed by atoms with Gasteiger partial charge in [0.15, 0.2) is 0 Å². The van der Waals surface area contributed by atoms with Crippen LogP contribution < -0.4 is 10.2 Å². The van der Waals surface area contributed by atoms with Crippen LogP contribution in [0.3, 0.4) is 0 Å². The summed E-state index contributed by atoms with van der Waals surface area (Å²) in [6.45, 7) is 2.00. The summed E-state index contributed by atoms with van der Waals surface area (Å²) < 4.78 is 40.5. The molecule has 0 fully saturated rings. The molecule has 0 bridgehead atoms. The van der Waals surface area contributed by atoms with Crippen molar-refractivity contribution in [3.63, 3.8) is 0 Å². The van der Waals surface area contributed by atoms with Gasteiger partial charge in [-0.05, 0) is 31.2 Å². The molecule has 0 unspecified atom stereocenters. The van der Waals surface area contributed by atoms with Gasteiger partial charge >= 0.3 is 6.18 Å². The highest BCUT2D eigenvalue weighted by atomic mass is 35.5. The topological polar surface area (TPSA) is 75.9 Å². The zero-order valence-electron chi connectivity index (χ0n) is 17.4. The number of hydrogen-bond acceptors (Lipinski definition) is 5. The van der Waals surface area contributed by atoms with Crippen LogP contribution in [0.2, 0.25) is 5.15 Å². The number of nitrogens with zero attached hydrogens (tertiary/aromatic N) is 5. The number of anilines is 2. The van der Waals surface area contributed by atoms with Crippen molar-refractivity contribution < 1.29 is 18.0 Å². The average Bonchev–Trinajstić information content (AvgIpc) is 3.19. The van der Waals surface area contributed by atoms with E-state index in [0.717, 1.165) is 12.1 Å². The molecule has 1 atom stereocenters. The second-order valence-corrected chi connectivity index (χ2v) is 7.41. The zero-order chi connectivity index (χ0) is 23.0. The number of halogens is 4. The van der Waals surface area contributed by atoms with Crippen molar-refractivity contribution in [1.29, 1.82) is 0 Å². The number of nitrogens with one attached hydrogen (secondary N) is 1. The minimum Gasteiger partial charge on any atom is -0.373 e. The van der Waals surface area contributed by atoms with E-state index in [1.165, 1.54) is 11.1 Å². The van der Waals surface area contributed by atoms with E-state index in [2.05, 4.69) is 32.2 Å². The van der Waals surface area contributed by atoms with E-state index in [1.54, 1.807) is 30.1 Å². The molecular weight excluding hydrogens is 477 g/mol. The molecule has 1 aliphatic rings. The number of aromatic nitrogens is 4. The first-order chi connectivity index (χ1) is 15.2. The molecule has 0 saturated carbocycles. The van der Waals surface area contributed by atoms with E-state index >= 15 is 0 Å². The molecule has 4 heterocycles. The summed E-state index contributed by atoms with van der Waals surface area (Å²) in [5.74, 6) is 6.13. The Morgan fingerprint density at radius 3 is 2.55 bits per heavy atom. The fourth-order valence-corrected chi connectivity index (χ4v) is 3.55. The maximum absolute atomic E-state index is 13.2. The lowest BCUT2D eigenvalue weighted by Crippen LogP contribution is -2.43. The molecule has 3 aromatic rings. The minimum atomic E-state index is -4.64. The van der Waals surface area contributed by atoms with E-state index in [1.807, 2.05) is 6.92 Å². The summed E-state index contributed by atoms with van der Waals surface area (Å²) in [7, 11) is 1.75. The Hall–Kier alpha value is -3.23. The maximum atomic E-state index is 13.2. The van der Waals surface area contributed by atoms with Gasteiger partial charge in [0, 0.05) is 25.4 Å². The lowest BCUT2D eigenvalue weighted by atomic mass is 10.1. The minimum absolute atomic E-state index is 0. The Labute approximate surface area is 199 Å². The SMILES string of the molecule is CNc1ccc(C#Cc2cnn3c2C(=O)N(c2ccc(C(F)(F)F)c(Cl)n2)C[C@@H]3C)cn1.S. The number of amides is 1. The first-order valence-electron chi connectivity index (χ1n) is 9.48. The maximum Gasteiger partial charge on any atom is 0.419 e. The standard InChI is InChI=1S/C21H16ClF3N6O.H2S/c1-12-11-30(17-8-6-15(19(22)29-17)21(23,24)25)20(32)18-14(10-28-31(12)18)5-3-13-4-7-16(26-2)27-9-13;/h4,6-10,12H,11H2,1-2H3,(H,26,27);1H2/t12-;/m0./s1. The Balaban J connectivity index is 0.00000306. The molecular formula is C21H18ClF3N6OS. The predicted molar refractivity (Wildman–Crippen MR) is 123 cm³/mol. The van der Waals surface area contributed by atoms with Crippen molar-refractivity contribution in [2.45, 2.75) is 19.1 Å². The molecule has 4 rings (SSSR count). The third kappa shape index (κ3) is 4.77. The highest BCUT2D eigenvalue weighted by Gasteiger charge is 2.37. The van der Waals surface area contributed by atoms with Crippen LogP contribution in [-0.2, 0) is 6.18 Å². The molecule has 3 aromatic heterocycles. The molecule has 1 amide bonds. The summed E-state index contributed by atoms with van der Waals surface area (Å²) in [5.41, 5.74) is 0.208.